The summed E-state index contributed by atoms with van der Waals surface area (Å²) in [4.78, 5) is 67.2. The van der Waals surface area contributed by atoms with E-state index in [2.05, 4.69) is 62.0 Å². The van der Waals surface area contributed by atoms with Gasteiger partial charge < -0.3 is 19.3 Å². The van der Waals surface area contributed by atoms with Crippen LogP contribution >= 0.6 is 11.3 Å². The number of nitrogens with zero attached hydrogens (tertiary/aromatic N) is 4. The van der Waals surface area contributed by atoms with Crippen molar-refractivity contribution in [3.05, 3.63) is 52.0 Å². The van der Waals surface area contributed by atoms with Gasteiger partial charge in [0.15, 0.2) is 5.78 Å². The van der Waals surface area contributed by atoms with Crippen molar-refractivity contribution in [2.24, 2.45) is 29.6 Å². The number of likely N-dealkylation sites (N-methyl/N-ethyl adjacent to an activating group) is 2. The number of carbonyl (C=O) groups is 4. The molecule has 1 aliphatic carbocycles. The van der Waals surface area contributed by atoms with Crippen LogP contribution in [0.4, 0.5) is 0 Å². The Balaban J connectivity index is 1.27. The molecule has 2 aliphatic heterocycles. The Morgan fingerprint density at radius 2 is 1.70 bits per heavy atom. The Morgan fingerprint density at radius 1 is 0.982 bits per heavy atom. The predicted molar refractivity (Wildman–Crippen MR) is 226 cm³/mol. The van der Waals surface area contributed by atoms with Crippen molar-refractivity contribution < 1.29 is 28.7 Å². The van der Waals surface area contributed by atoms with E-state index in [-0.39, 0.29) is 72.1 Å². The molecule has 0 N–H and O–H groups in total. The van der Waals surface area contributed by atoms with Crippen LogP contribution in [0.3, 0.4) is 0 Å². The summed E-state index contributed by atoms with van der Waals surface area (Å²) >= 11 is 1.58. The van der Waals surface area contributed by atoms with E-state index < -0.39 is 24.0 Å². The van der Waals surface area contributed by atoms with Crippen molar-refractivity contribution in [3.8, 4) is 0 Å². The van der Waals surface area contributed by atoms with Crippen LogP contribution in [-0.2, 0) is 35.1 Å². The second kappa shape index (κ2) is 20.3. The molecule has 2 amide bonds. The number of Topliss-reactive ketones (excluding diaryl/α,β-unsaturated/α-hetero) is 2. The summed E-state index contributed by atoms with van der Waals surface area (Å²) in [5.74, 6) is -0.362. The third-order valence-electron chi connectivity index (χ3n) is 14.0. The molecule has 3 fully saturated rings. The van der Waals surface area contributed by atoms with Gasteiger partial charge in [-0.2, -0.15) is 0 Å². The Bertz CT molecular complexity index is 1630. The summed E-state index contributed by atoms with van der Waals surface area (Å²) in [6.45, 7) is 12.8. The van der Waals surface area contributed by atoms with Gasteiger partial charge in [0.2, 0.25) is 11.8 Å². The normalized spacial score (nSPS) is 24.6. The Hall–Kier alpha value is -2.99. The molecule has 2 bridgehead atoms. The summed E-state index contributed by atoms with van der Waals surface area (Å²) in [6, 6.07) is 8.21. The molecule has 1 aromatic carbocycles. The summed E-state index contributed by atoms with van der Waals surface area (Å²) in [5.41, 5.74) is 2.37. The van der Waals surface area contributed by atoms with E-state index in [9.17, 15) is 19.2 Å². The van der Waals surface area contributed by atoms with Gasteiger partial charge in [-0.05, 0) is 75.8 Å². The number of ketones is 2. The lowest BCUT2D eigenvalue weighted by atomic mass is 9.83. The molecule has 5 rings (SSSR count). The maximum Gasteiger partial charge on any atom is 0.226 e. The molecule has 1 aromatic heterocycles. The van der Waals surface area contributed by atoms with Crippen LogP contribution in [0.5, 0.6) is 0 Å². The number of methoxy groups -OCH3 is 2. The van der Waals surface area contributed by atoms with Crippen LogP contribution in [0, 0.1) is 36.5 Å². The summed E-state index contributed by atoms with van der Waals surface area (Å²) in [5, 5.41) is 2.91. The van der Waals surface area contributed by atoms with E-state index in [0.717, 1.165) is 50.0 Å². The number of likely N-dealkylation sites (tertiary alicyclic amines) is 2. The molecule has 0 radical (unpaired) electrons. The van der Waals surface area contributed by atoms with E-state index >= 15 is 0 Å². The highest BCUT2D eigenvalue weighted by molar-refractivity contribution is 7.09. The first-order chi connectivity index (χ1) is 27.2. The largest absolute Gasteiger partial charge is 0.379 e. The number of aromatic nitrogens is 1. The zero-order valence-corrected chi connectivity index (χ0v) is 37.1. The molecule has 2 aromatic rings. The standard InChI is InChI=1S/C46H70N4O6S/c1-11-30(5)42(49(8)46(54)36(28(2)3)26-39(52)43-33-18-19-35(24-33)48(43)7)40(55-9)27-41(53)50-21-12-13-37(50)44(56-10)31(6)38(51)25-34(45-47-20-22-57-45)23-32-16-14-29(4)15-17-32/h14-17,20,22,28,30-31,33-37,40,42-44H,11-13,18-19,21,23-27H2,1-10H3. The molecule has 3 heterocycles. The second-order valence-electron chi connectivity index (χ2n) is 17.9. The third-order valence-corrected chi connectivity index (χ3v) is 14.9. The Morgan fingerprint density at radius 3 is 2.28 bits per heavy atom. The van der Waals surface area contributed by atoms with Gasteiger partial charge in [-0.3, -0.25) is 24.1 Å². The topological polar surface area (TPSA) is 109 Å². The fraction of sp³-hybridized carbons (Fsp3) is 0.717. The maximum absolute atomic E-state index is 14.4. The predicted octanol–water partition coefficient (Wildman–Crippen LogP) is 7.37. The van der Waals surface area contributed by atoms with E-state index in [1.807, 2.05) is 38.1 Å². The number of amides is 2. The highest BCUT2D eigenvalue weighted by atomic mass is 32.1. The van der Waals surface area contributed by atoms with Gasteiger partial charge >= 0.3 is 0 Å². The van der Waals surface area contributed by atoms with Crippen LogP contribution in [-0.4, -0.2) is 114 Å². The number of thiazole rings is 1. The van der Waals surface area contributed by atoms with E-state index in [1.54, 1.807) is 36.7 Å². The smallest absolute Gasteiger partial charge is 0.226 e. The molecule has 0 spiro atoms. The van der Waals surface area contributed by atoms with Gasteiger partial charge in [-0.25, -0.2) is 4.98 Å². The molecule has 3 aliphatic rings. The van der Waals surface area contributed by atoms with Crippen LogP contribution in [0.25, 0.3) is 0 Å². The van der Waals surface area contributed by atoms with Crippen molar-refractivity contribution in [2.75, 3.05) is 34.9 Å². The minimum atomic E-state index is -0.552. The molecular formula is C46H70N4O6S. The fourth-order valence-corrected chi connectivity index (χ4v) is 11.1. The highest BCUT2D eigenvalue weighted by Crippen LogP contribution is 2.43. The molecule has 11 unspecified atom stereocenters. The molecule has 1 saturated carbocycles. The monoisotopic (exact) mass is 807 g/mol. The van der Waals surface area contributed by atoms with Gasteiger partial charge in [-0.15, -0.1) is 11.3 Å². The summed E-state index contributed by atoms with van der Waals surface area (Å²) < 4.78 is 12.2. The molecule has 11 heteroatoms. The number of rotatable bonds is 21. The second-order valence-corrected chi connectivity index (χ2v) is 18.8. The van der Waals surface area contributed by atoms with Crippen LogP contribution in [0.1, 0.15) is 114 Å². The van der Waals surface area contributed by atoms with Crippen LogP contribution in [0.2, 0.25) is 0 Å². The molecule has 316 valence electrons. The van der Waals surface area contributed by atoms with Crippen molar-refractivity contribution in [2.45, 2.75) is 148 Å². The minimum absolute atomic E-state index is 0.0199. The van der Waals surface area contributed by atoms with Gasteiger partial charge in [0.25, 0.3) is 0 Å². The first-order valence-corrected chi connectivity index (χ1v) is 22.4. The van der Waals surface area contributed by atoms with Crippen molar-refractivity contribution in [1.29, 1.82) is 0 Å². The number of hydrogen-bond donors (Lipinski definition) is 0. The lowest BCUT2D eigenvalue weighted by Gasteiger charge is -2.41. The van der Waals surface area contributed by atoms with Crippen molar-refractivity contribution in [1.82, 2.24) is 19.7 Å². The molecule has 2 saturated heterocycles. The quantitative estimate of drug-likeness (QED) is 0.129. The van der Waals surface area contributed by atoms with Gasteiger partial charge in [0.05, 0.1) is 41.8 Å². The average Bonchev–Trinajstić information content (AvgIpc) is 4.03. The summed E-state index contributed by atoms with van der Waals surface area (Å²) in [7, 11) is 7.15. The average molecular weight is 807 g/mol. The fourth-order valence-electron chi connectivity index (χ4n) is 10.4. The number of fused-ring (bicyclic) bond motifs is 2. The first kappa shape index (κ1) is 45.1. The van der Waals surface area contributed by atoms with Crippen molar-refractivity contribution >= 4 is 34.7 Å². The third kappa shape index (κ3) is 10.4. The maximum atomic E-state index is 14.4. The number of hydrogen-bond acceptors (Lipinski definition) is 9. The Labute approximate surface area is 346 Å². The Kier molecular flexibility index (Phi) is 16.1. The SMILES string of the molecule is CCC(C)C(C(CC(=O)N1CCCC1C(OC)C(C)C(=O)CC(Cc1ccc(C)cc1)c1nccs1)OC)N(C)C(=O)C(CC(=O)C1C2CCC(C2)N1C)C(C)C. The lowest BCUT2D eigenvalue weighted by Crippen LogP contribution is -2.54. The van der Waals surface area contributed by atoms with E-state index in [0.29, 0.717) is 24.9 Å². The van der Waals surface area contributed by atoms with Gasteiger partial charge in [-0.1, -0.05) is 70.9 Å². The summed E-state index contributed by atoms with van der Waals surface area (Å²) in [6.07, 6.45) is 7.84. The zero-order valence-electron chi connectivity index (χ0n) is 36.3. The number of aryl methyl sites for hydroxylation is 1. The van der Waals surface area contributed by atoms with E-state index in [1.165, 1.54) is 11.1 Å². The molecule has 10 nitrogen and oxygen atoms in total. The molecular weight excluding hydrogens is 737 g/mol. The zero-order chi connectivity index (χ0) is 41.6. The molecule has 11 atom stereocenters. The molecule has 57 heavy (non-hydrogen) atoms. The first-order valence-electron chi connectivity index (χ1n) is 21.5. The number of piperidine rings is 1. The minimum Gasteiger partial charge on any atom is -0.379 e. The number of benzene rings is 1. The van der Waals surface area contributed by atoms with Gasteiger partial charge in [0, 0.05) is 76.0 Å². The number of carbonyl (C=O) groups excluding carboxylic acids is 4. The lowest BCUT2D eigenvalue weighted by molar-refractivity contribution is -0.149. The van der Waals surface area contributed by atoms with Crippen LogP contribution < -0.4 is 0 Å². The highest BCUT2D eigenvalue weighted by Gasteiger charge is 2.48. The number of ether oxygens (including phenoxy) is 2. The van der Waals surface area contributed by atoms with Crippen LogP contribution in [0.15, 0.2) is 35.8 Å². The van der Waals surface area contributed by atoms with Gasteiger partial charge in [0.1, 0.15) is 5.78 Å². The van der Waals surface area contributed by atoms with E-state index in [4.69, 9.17) is 9.47 Å². The van der Waals surface area contributed by atoms with Crippen molar-refractivity contribution in [3.63, 3.8) is 0 Å².